The SMILES string of the molecule is CCOc1c(Cl)cccc1CC(=O)Nc1cc(COC)cc(C(=O)O)c1. The normalized spacial score (nSPS) is 10.4. The molecule has 0 aliphatic rings. The Morgan fingerprint density at radius 2 is 2.00 bits per heavy atom. The van der Waals surface area contributed by atoms with Gasteiger partial charge in [-0.3, -0.25) is 4.79 Å². The molecule has 2 aromatic carbocycles. The summed E-state index contributed by atoms with van der Waals surface area (Å²) in [5.41, 5.74) is 1.78. The Labute approximate surface area is 156 Å². The number of carbonyl (C=O) groups is 2. The molecule has 1 amide bonds. The maximum absolute atomic E-state index is 12.4. The molecule has 6 nitrogen and oxygen atoms in total. The van der Waals surface area contributed by atoms with Gasteiger partial charge in [0.15, 0.2) is 0 Å². The van der Waals surface area contributed by atoms with Gasteiger partial charge in [0.2, 0.25) is 5.91 Å². The summed E-state index contributed by atoms with van der Waals surface area (Å²) in [6.07, 6.45) is 0.0484. The van der Waals surface area contributed by atoms with Crippen molar-refractivity contribution in [3.05, 3.63) is 58.1 Å². The summed E-state index contributed by atoms with van der Waals surface area (Å²) in [6, 6.07) is 9.79. The van der Waals surface area contributed by atoms with Crippen LogP contribution < -0.4 is 10.1 Å². The number of para-hydroxylation sites is 1. The van der Waals surface area contributed by atoms with Crippen molar-refractivity contribution in [1.29, 1.82) is 0 Å². The minimum atomic E-state index is -1.08. The molecular weight excluding hydrogens is 358 g/mol. The lowest BCUT2D eigenvalue weighted by Crippen LogP contribution is -2.16. The number of nitrogens with one attached hydrogen (secondary N) is 1. The standard InChI is InChI=1S/C19H20ClNO5/c1-3-26-18-13(5-4-6-16(18)20)10-17(22)21-15-8-12(11-25-2)7-14(9-15)19(23)24/h4-9H,3,10-11H2,1-2H3,(H,21,22)(H,23,24). The molecule has 0 bridgehead atoms. The first-order chi connectivity index (χ1) is 12.4. The van der Waals surface area contributed by atoms with Crippen LogP contribution in [0.4, 0.5) is 5.69 Å². The molecule has 0 atom stereocenters. The number of methoxy groups -OCH3 is 1. The lowest BCUT2D eigenvalue weighted by molar-refractivity contribution is -0.115. The zero-order chi connectivity index (χ0) is 19.1. The highest BCUT2D eigenvalue weighted by Crippen LogP contribution is 2.29. The third kappa shape index (κ3) is 5.21. The molecule has 138 valence electrons. The van der Waals surface area contributed by atoms with Gasteiger partial charge in [-0.1, -0.05) is 23.7 Å². The monoisotopic (exact) mass is 377 g/mol. The molecule has 0 fully saturated rings. The molecule has 0 heterocycles. The van der Waals surface area contributed by atoms with Gasteiger partial charge in [-0.05, 0) is 36.8 Å². The van der Waals surface area contributed by atoms with Crippen LogP contribution in [0, 0.1) is 0 Å². The van der Waals surface area contributed by atoms with Crippen LogP contribution in [0.15, 0.2) is 36.4 Å². The highest BCUT2D eigenvalue weighted by molar-refractivity contribution is 6.32. The van der Waals surface area contributed by atoms with Gasteiger partial charge in [0.05, 0.1) is 30.2 Å². The van der Waals surface area contributed by atoms with Gasteiger partial charge in [-0.2, -0.15) is 0 Å². The van der Waals surface area contributed by atoms with Crippen molar-refractivity contribution in [2.45, 2.75) is 20.0 Å². The highest BCUT2D eigenvalue weighted by Gasteiger charge is 2.14. The maximum Gasteiger partial charge on any atom is 0.335 e. The predicted molar refractivity (Wildman–Crippen MR) is 99.1 cm³/mol. The number of carboxylic acids is 1. The topological polar surface area (TPSA) is 84.9 Å². The van der Waals surface area contributed by atoms with Crippen molar-refractivity contribution in [2.24, 2.45) is 0 Å². The Morgan fingerprint density at radius 1 is 1.23 bits per heavy atom. The second-order valence-corrected chi connectivity index (χ2v) is 5.95. The first-order valence-corrected chi connectivity index (χ1v) is 8.38. The molecule has 0 aliphatic heterocycles. The number of rotatable bonds is 8. The summed E-state index contributed by atoms with van der Waals surface area (Å²) < 4.78 is 10.6. The fourth-order valence-electron chi connectivity index (χ4n) is 2.51. The third-order valence-electron chi connectivity index (χ3n) is 3.52. The number of carbonyl (C=O) groups excluding carboxylic acids is 1. The number of aromatic carboxylic acids is 1. The van der Waals surface area contributed by atoms with Crippen LogP contribution in [-0.4, -0.2) is 30.7 Å². The molecule has 0 aromatic heterocycles. The fraction of sp³-hybridized carbons (Fsp3) is 0.263. The summed E-state index contributed by atoms with van der Waals surface area (Å²) in [4.78, 5) is 23.7. The average Bonchev–Trinajstić information content (AvgIpc) is 2.58. The van der Waals surface area contributed by atoms with Gasteiger partial charge >= 0.3 is 5.97 Å². The van der Waals surface area contributed by atoms with Crippen LogP contribution in [0.25, 0.3) is 0 Å². The fourth-order valence-corrected chi connectivity index (χ4v) is 2.76. The van der Waals surface area contributed by atoms with E-state index in [2.05, 4.69) is 5.32 Å². The average molecular weight is 378 g/mol. The van der Waals surface area contributed by atoms with Crippen molar-refractivity contribution in [3.63, 3.8) is 0 Å². The zero-order valence-electron chi connectivity index (χ0n) is 14.5. The van der Waals surface area contributed by atoms with Crippen LogP contribution in [0.3, 0.4) is 0 Å². The van der Waals surface area contributed by atoms with E-state index in [1.807, 2.05) is 6.92 Å². The van der Waals surface area contributed by atoms with E-state index in [1.54, 1.807) is 24.3 Å². The first-order valence-electron chi connectivity index (χ1n) is 8.00. The first kappa shape index (κ1) is 19.8. The number of halogens is 1. The van der Waals surface area contributed by atoms with Crippen LogP contribution in [0.1, 0.15) is 28.4 Å². The van der Waals surface area contributed by atoms with Crippen LogP contribution in [0.5, 0.6) is 5.75 Å². The van der Waals surface area contributed by atoms with Gasteiger partial charge in [0, 0.05) is 18.4 Å². The number of amides is 1. The molecule has 26 heavy (non-hydrogen) atoms. The minimum Gasteiger partial charge on any atom is -0.492 e. The molecule has 0 aliphatic carbocycles. The smallest absolute Gasteiger partial charge is 0.335 e. The Bertz CT molecular complexity index is 807. The minimum absolute atomic E-state index is 0.0484. The van der Waals surface area contributed by atoms with Gasteiger partial charge in [0.1, 0.15) is 5.75 Å². The van der Waals surface area contributed by atoms with E-state index in [0.29, 0.717) is 34.2 Å². The van der Waals surface area contributed by atoms with Gasteiger partial charge in [-0.15, -0.1) is 0 Å². The predicted octanol–water partition coefficient (Wildman–Crippen LogP) is 3.76. The number of carboxylic acid groups (broad SMARTS) is 1. The number of benzene rings is 2. The van der Waals surface area contributed by atoms with Gasteiger partial charge < -0.3 is 19.9 Å². The summed E-state index contributed by atoms with van der Waals surface area (Å²) in [6.45, 7) is 2.51. The van der Waals surface area contributed by atoms with Gasteiger partial charge in [-0.25, -0.2) is 4.79 Å². The lowest BCUT2D eigenvalue weighted by Gasteiger charge is -2.13. The van der Waals surface area contributed by atoms with E-state index in [0.717, 1.165) is 0 Å². The Hall–Kier alpha value is -2.57. The van der Waals surface area contributed by atoms with Crippen molar-refractivity contribution in [2.75, 3.05) is 19.0 Å². The summed E-state index contributed by atoms with van der Waals surface area (Å²) >= 11 is 6.13. The second-order valence-electron chi connectivity index (χ2n) is 5.54. The van der Waals surface area contributed by atoms with E-state index in [-0.39, 0.29) is 24.5 Å². The molecule has 0 saturated heterocycles. The lowest BCUT2D eigenvalue weighted by atomic mass is 10.1. The Balaban J connectivity index is 2.20. The van der Waals surface area contributed by atoms with E-state index < -0.39 is 5.97 Å². The van der Waals surface area contributed by atoms with E-state index in [1.165, 1.54) is 19.2 Å². The summed E-state index contributed by atoms with van der Waals surface area (Å²) in [5, 5.41) is 12.4. The summed E-state index contributed by atoms with van der Waals surface area (Å²) in [5.74, 6) is -0.905. The molecule has 0 unspecified atom stereocenters. The number of hydrogen-bond acceptors (Lipinski definition) is 4. The van der Waals surface area contributed by atoms with Gasteiger partial charge in [0.25, 0.3) is 0 Å². The van der Waals surface area contributed by atoms with Crippen LogP contribution in [0.2, 0.25) is 5.02 Å². The molecule has 0 saturated carbocycles. The zero-order valence-corrected chi connectivity index (χ0v) is 15.3. The summed E-state index contributed by atoms with van der Waals surface area (Å²) in [7, 11) is 1.51. The molecule has 2 N–H and O–H groups in total. The van der Waals surface area contributed by atoms with Crippen molar-refractivity contribution >= 4 is 29.2 Å². The van der Waals surface area contributed by atoms with Crippen molar-refractivity contribution in [1.82, 2.24) is 0 Å². The second kappa shape index (κ2) is 9.22. The number of hydrogen-bond donors (Lipinski definition) is 2. The van der Waals surface area contributed by atoms with E-state index in [4.69, 9.17) is 21.1 Å². The van der Waals surface area contributed by atoms with E-state index >= 15 is 0 Å². The molecule has 7 heteroatoms. The quantitative estimate of drug-likeness (QED) is 0.731. The van der Waals surface area contributed by atoms with Crippen molar-refractivity contribution in [3.8, 4) is 5.75 Å². The number of ether oxygens (including phenoxy) is 2. The largest absolute Gasteiger partial charge is 0.492 e. The highest BCUT2D eigenvalue weighted by atomic mass is 35.5. The van der Waals surface area contributed by atoms with Crippen LogP contribution >= 0.6 is 11.6 Å². The molecule has 0 radical (unpaired) electrons. The van der Waals surface area contributed by atoms with E-state index in [9.17, 15) is 14.7 Å². The Kier molecular flexibility index (Phi) is 7.00. The van der Waals surface area contributed by atoms with Crippen LogP contribution in [-0.2, 0) is 22.6 Å². The Morgan fingerprint density at radius 3 is 2.65 bits per heavy atom. The molecular formula is C19H20ClNO5. The molecule has 0 spiro atoms. The maximum atomic E-state index is 12.4. The molecule has 2 aromatic rings. The molecule has 2 rings (SSSR count). The van der Waals surface area contributed by atoms with Crippen molar-refractivity contribution < 1.29 is 24.2 Å². The third-order valence-corrected chi connectivity index (χ3v) is 3.82. The number of anilines is 1.